The van der Waals surface area contributed by atoms with Crippen LogP contribution in [0.4, 0.5) is 27.6 Å². The number of alkyl halides is 2. The molecule has 15 heteroatoms. The van der Waals surface area contributed by atoms with E-state index < -0.39 is 104 Å². The topological polar surface area (TPSA) is 104 Å². The highest BCUT2D eigenvalue weighted by Crippen LogP contribution is 2.67. The fourth-order valence-corrected chi connectivity index (χ4v) is 7.93. The van der Waals surface area contributed by atoms with Crippen LogP contribution in [0.1, 0.15) is 24.3 Å². The summed E-state index contributed by atoms with van der Waals surface area (Å²) in [5.74, 6) is -22.0. The number of carbonyl (C=O) groups excluding carboxylic acids is 4. The molecule has 2 aliphatic carbocycles. The number of carbonyl (C=O) groups is 4. The zero-order chi connectivity index (χ0) is 31.5. The molecule has 1 N–H and O–H groups in total. The number of phenolic OH excluding ortho intramolecular Hbond substituents is 1. The predicted octanol–water partition coefficient (Wildman–Crippen LogP) is 4.29. The smallest absolute Gasteiger partial charge is 0.258 e. The highest BCUT2D eigenvalue weighted by atomic mass is 35.5. The van der Waals surface area contributed by atoms with E-state index in [0.29, 0.717) is 0 Å². The van der Waals surface area contributed by atoms with E-state index in [0.717, 1.165) is 4.90 Å². The number of imide groups is 2. The van der Waals surface area contributed by atoms with Crippen molar-refractivity contribution in [3.63, 3.8) is 0 Å². The molecule has 2 aromatic carbocycles. The number of allylic oxidation sites excluding steroid dienone is 2. The first kappa shape index (κ1) is 29.4. The molecule has 6 rings (SSSR count). The highest BCUT2D eigenvalue weighted by Gasteiger charge is 2.77. The van der Waals surface area contributed by atoms with Crippen molar-refractivity contribution in [1.82, 2.24) is 4.90 Å². The summed E-state index contributed by atoms with van der Waals surface area (Å²) < 4.78 is 77.6. The van der Waals surface area contributed by atoms with Gasteiger partial charge in [-0.3, -0.25) is 24.1 Å². The van der Waals surface area contributed by atoms with Crippen molar-refractivity contribution in [2.45, 2.75) is 28.5 Å². The SMILES string of the molecule is COc1cccc(C2C3=CCC4C(=O)N(C)C(=O)C4C3CC3(Cl)C(=O)N(c4c(F)c(F)c(F)c(F)c4F)C(=O)C23Cl)c1O. The Morgan fingerprint density at radius 3 is 2.12 bits per heavy atom. The number of ether oxygens (including phenoxy) is 1. The molecule has 226 valence electrons. The lowest BCUT2D eigenvalue weighted by Gasteiger charge is -2.50. The summed E-state index contributed by atoms with van der Waals surface area (Å²) in [5.41, 5.74) is -1.80. The van der Waals surface area contributed by atoms with E-state index in [1.807, 2.05) is 0 Å². The molecule has 8 nitrogen and oxygen atoms in total. The molecule has 2 aliphatic heterocycles. The van der Waals surface area contributed by atoms with Crippen molar-refractivity contribution in [3.8, 4) is 11.5 Å². The zero-order valence-corrected chi connectivity index (χ0v) is 23.6. The second-order valence-corrected chi connectivity index (χ2v) is 12.1. The monoisotopic (exact) mass is 644 g/mol. The van der Waals surface area contributed by atoms with Crippen LogP contribution >= 0.6 is 23.2 Å². The Morgan fingerprint density at radius 2 is 1.51 bits per heavy atom. The maximum absolute atomic E-state index is 15.0. The Balaban J connectivity index is 1.64. The number of benzene rings is 2. The number of rotatable bonds is 3. The van der Waals surface area contributed by atoms with Crippen LogP contribution in [0, 0.1) is 46.8 Å². The van der Waals surface area contributed by atoms with Crippen molar-refractivity contribution in [2.24, 2.45) is 17.8 Å². The zero-order valence-electron chi connectivity index (χ0n) is 22.1. The van der Waals surface area contributed by atoms with E-state index in [4.69, 9.17) is 27.9 Å². The van der Waals surface area contributed by atoms with Crippen LogP contribution in [0.5, 0.6) is 11.5 Å². The summed E-state index contributed by atoms with van der Waals surface area (Å²) in [6, 6.07) is 4.07. The lowest BCUT2D eigenvalue weighted by molar-refractivity contribution is -0.138. The minimum absolute atomic E-state index is 0.00160. The molecule has 4 amide bonds. The molecular weight excluding hydrogens is 626 g/mol. The molecule has 6 atom stereocenters. The Morgan fingerprint density at radius 1 is 0.907 bits per heavy atom. The largest absolute Gasteiger partial charge is 0.504 e. The van der Waals surface area contributed by atoms with E-state index in [-0.39, 0.29) is 28.2 Å². The molecule has 6 unspecified atom stereocenters. The summed E-state index contributed by atoms with van der Waals surface area (Å²) >= 11 is 14.0. The average Bonchev–Trinajstić information content (AvgIpc) is 3.29. The van der Waals surface area contributed by atoms with Gasteiger partial charge in [0.2, 0.25) is 17.6 Å². The van der Waals surface area contributed by atoms with Crippen molar-refractivity contribution in [1.29, 1.82) is 0 Å². The van der Waals surface area contributed by atoms with Gasteiger partial charge >= 0.3 is 0 Å². The maximum Gasteiger partial charge on any atom is 0.258 e. The molecule has 0 spiro atoms. The fourth-order valence-electron chi connectivity index (χ4n) is 7.01. The number of para-hydroxylation sites is 1. The number of likely N-dealkylation sites (tertiary alicyclic amines) is 1. The molecule has 0 aromatic heterocycles. The Labute approximate surface area is 249 Å². The van der Waals surface area contributed by atoms with Gasteiger partial charge in [0.05, 0.1) is 18.9 Å². The number of methoxy groups -OCH3 is 1. The molecular formula is C28H19Cl2F5N2O6. The molecule has 2 heterocycles. The molecule has 3 fully saturated rings. The fraction of sp³-hybridized carbons (Fsp3) is 0.357. The van der Waals surface area contributed by atoms with Gasteiger partial charge in [0.15, 0.2) is 44.5 Å². The van der Waals surface area contributed by atoms with E-state index in [9.17, 15) is 37.5 Å². The number of fused-ring (bicyclic) bond motifs is 4. The number of aromatic hydroxyl groups is 1. The third-order valence-electron chi connectivity index (χ3n) is 9.00. The first-order valence-corrected chi connectivity index (χ1v) is 13.6. The maximum atomic E-state index is 15.0. The van der Waals surface area contributed by atoms with Gasteiger partial charge in [-0.15, -0.1) is 23.2 Å². The molecule has 0 radical (unpaired) electrons. The van der Waals surface area contributed by atoms with Gasteiger partial charge in [-0.2, -0.15) is 0 Å². The van der Waals surface area contributed by atoms with Crippen LogP contribution in [0.15, 0.2) is 29.8 Å². The second kappa shape index (κ2) is 9.39. The van der Waals surface area contributed by atoms with Gasteiger partial charge in [-0.1, -0.05) is 23.8 Å². The number of amides is 4. The number of anilines is 1. The molecule has 1 saturated carbocycles. The van der Waals surface area contributed by atoms with Crippen LogP contribution in [-0.2, 0) is 19.2 Å². The van der Waals surface area contributed by atoms with Gasteiger partial charge in [-0.05, 0) is 24.8 Å². The number of hydrogen-bond donors (Lipinski definition) is 1. The first-order valence-electron chi connectivity index (χ1n) is 12.8. The number of hydrogen-bond acceptors (Lipinski definition) is 6. The minimum atomic E-state index is -2.73. The highest BCUT2D eigenvalue weighted by molar-refractivity contribution is 6.58. The second-order valence-electron chi connectivity index (χ2n) is 10.8. The quantitative estimate of drug-likeness (QED) is 0.134. The molecule has 2 aromatic rings. The number of phenols is 1. The molecule has 0 bridgehead atoms. The number of halogens is 7. The third kappa shape index (κ3) is 3.43. The van der Waals surface area contributed by atoms with Crippen molar-refractivity contribution in [3.05, 3.63) is 64.5 Å². The minimum Gasteiger partial charge on any atom is -0.504 e. The van der Waals surface area contributed by atoms with E-state index in [1.165, 1.54) is 38.4 Å². The Hall–Kier alpha value is -3.71. The van der Waals surface area contributed by atoms with E-state index in [1.54, 1.807) is 0 Å². The summed E-state index contributed by atoms with van der Waals surface area (Å²) in [5, 5.41) is 11.1. The van der Waals surface area contributed by atoms with Gasteiger partial charge < -0.3 is 9.84 Å². The lowest BCUT2D eigenvalue weighted by Crippen LogP contribution is -2.60. The van der Waals surface area contributed by atoms with Crippen LogP contribution in [0.2, 0.25) is 0 Å². The van der Waals surface area contributed by atoms with Gasteiger partial charge in [-0.25, -0.2) is 26.9 Å². The summed E-state index contributed by atoms with van der Waals surface area (Å²) in [4.78, 5) is 49.5. The van der Waals surface area contributed by atoms with Crippen LogP contribution < -0.4 is 9.64 Å². The molecule has 4 aliphatic rings. The molecule has 2 saturated heterocycles. The first-order chi connectivity index (χ1) is 20.1. The standard InChI is InChI=1S/C28H19Cl2F5N2O6/c1-36-23(39)10-7-6-9-12(14(10)24(36)40)8-27(29)25(41)37(21-19(34)17(32)16(31)18(33)20(21)35)26(42)28(27,30)15(9)11-4-3-5-13(43-2)22(11)38/h3-6,10,12,14-15,38H,7-8H2,1-2H3. The van der Waals surface area contributed by atoms with Crippen LogP contribution in [0.3, 0.4) is 0 Å². The van der Waals surface area contributed by atoms with Gasteiger partial charge in [0.1, 0.15) is 5.69 Å². The van der Waals surface area contributed by atoms with Crippen molar-refractivity contribution >= 4 is 52.5 Å². The van der Waals surface area contributed by atoms with Gasteiger partial charge in [0, 0.05) is 18.5 Å². The average molecular weight is 645 g/mol. The van der Waals surface area contributed by atoms with Crippen LogP contribution in [0.25, 0.3) is 0 Å². The molecule has 43 heavy (non-hydrogen) atoms. The normalized spacial score (nSPS) is 31.7. The van der Waals surface area contributed by atoms with E-state index >= 15 is 8.78 Å². The van der Waals surface area contributed by atoms with Crippen molar-refractivity contribution in [2.75, 3.05) is 19.1 Å². The third-order valence-corrected chi connectivity index (χ3v) is 10.4. The lowest BCUT2D eigenvalue weighted by atomic mass is 9.56. The predicted molar refractivity (Wildman–Crippen MR) is 139 cm³/mol. The van der Waals surface area contributed by atoms with Crippen molar-refractivity contribution < 1.29 is 51.0 Å². The van der Waals surface area contributed by atoms with Gasteiger partial charge in [0.25, 0.3) is 11.8 Å². The number of nitrogens with zero attached hydrogens (tertiary/aromatic N) is 2. The van der Waals surface area contributed by atoms with Crippen LogP contribution in [-0.4, -0.2) is 57.5 Å². The Kier molecular flexibility index (Phi) is 6.41. The Bertz CT molecular complexity index is 1690. The summed E-state index contributed by atoms with van der Waals surface area (Å²) in [6.07, 6.45) is 0.896. The summed E-state index contributed by atoms with van der Waals surface area (Å²) in [7, 11) is 2.50. The van der Waals surface area contributed by atoms with E-state index in [2.05, 4.69) is 0 Å². The summed E-state index contributed by atoms with van der Waals surface area (Å²) in [6.45, 7) is 0.